The van der Waals surface area contributed by atoms with Crippen LogP contribution in [0.5, 0.6) is 0 Å². The first-order valence-electron chi connectivity index (χ1n) is 6.45. The summed E-state index contributed by atoms with van der Waals surface area (Å²) in [5.41, 5.74) is 0.167. The Morgan fingerprint density at radius 3 is 2.22 bits per heavy atom. The van der Waals surface area contributed by atoms with Crippen molar-refractivity contribution in [1.29, 1.82) is 0 Å². The average molecular weight is 256 g/mol. The van der Waals surface area contributed by atoms with Gasteiger partial charge in [0, 0.05) is 18.7 Å². The zero-order chi connectivity index (χ0) is 13.4. The van der Waals surface area contributed by atoms with Gasteiger partial charge >= 0.3 is 0 Å². The molecule has 102 valence electrons. The molecular weight excluding hydrogens is 234 g/mol. The highest BCUT2D eigenvalue weighted by Crippen LogP contribution is 2.11. The number of nitrogens with one attached hydrogen (secondary N) is 2. The van der Waals surface area contributed by atoms with Crippen LogP contribution in [-0.4, -0.2) is 26.2 Å². The molecule has 0 spiro atoms. The molecular formula is C14H22F2N2. The largest absolute Gasteiger partial charge is 0.315 e. The Balaban J connectivity index is 2.14. The highest BCUT2D eigenvalue weighted by atomic mass is 19.1. The Morgan fingerprint density at radius 2 is 1.61 bits per heavy atom. The standard InChI is InChI=1S/C14H22F2N2/c1-11(2)10-18-9-8-17-7-6-12-13(15)4-3-5-14(12)16/h3-5,11,17-18H,6-10H2,1-2H3. The quantitative estimate of drug-likeness (QED) is 0.698. The molecule has 0 aromatic heterocycles. The summed E-state index contributed by atoms with van der Waals surface area (Å²) < 4.78 is 26.6. The van der Waals surface area contributed by atoms with E-state index in [0.29, 0.717) is 18.9 Å². The number of benzene rings is 1. The van der Waals surface area contributed by atoms with Gasteiger partial charge in [-0.05, 0) is 37.6 Å². The summed E-state index contributed by atoms with van der Waals surface area (Å²) in [5, 5.41) is 6.46. The SMILES string of the molecule is CC(C)CNCCNCCc1c(F)cccc1F. The molecule has 2 N–H and O–H groups in total. The van der Waals surface area contributed by atoms with Crippen molar-refractivity contribution in [2.45, 2.75) is 20.3 Å². The topological polar surface area (TPSA) is 24.1 Å². The molecule has 0 aliphatic rings. The minimum Gasteiger partial charge on any atom is -0.315 e. The molecule has 0 radical (unpaired) electrons. The van der Waals surface area contributed by atoms with Crippen LogP contribution in [0, 0.1) is 17.6 Å². The average Bonchev–Trinajstić information content (AvgIpc) is 2.30. The van der Waals surface area contributed by atoms with Crippen molar-refractivity contribution >= 4 is 0 Å². The van der Waals surface area contributed by atoms with Crippen molar-refractivity contribution in [3.8, 4) is 0 Å². The van der Waals surface area contributed by atoms with Gasteiger partial charge in [0.2, 0.25) is 0 Å². The van der Waals surface area contributed by atoms with Crippen LogP contribution in [0.4, 0.5) is 8.78 Å². The molecule has 0 heterocycles. The van der Waals surface area contributed by atoms with E-state index in [4.69, 9.17) is 0 Å². The Bertz CT molecular complexity index is 333. The minimum absolute atomic E-state index is 0.167. The smallest absolute Gasteiger partial charge is 0.129 e. The Hall–Kier alpha value is -1.00. The second-order valence-electron chi connectivity index (χ2n) is 4.80. The summed E-state index contributed by atoms with van der Waals surface area (Å²) in [6.07, 6.45) is 0.378. The summed E-state index contributed by atoms with van der Waals surface area (Å²) in [6, 6.07) is 3.97. The highest BCUT2D eigenvalue weighted by Gasteiger charge is 2.06. The summed E-state index contributed by atoms with van der Waals surface area (Å²) >= 11 is 0. The molecule has 1 aromatic rings. The molecule has 0 unspecified atom stereocenters. The van der Waals surface area contributed by atoms with E-state index in [1.54, 1.807) is 0 Å². The van der Waals surface area contributed by atoms with Crippen LogP contribution >= 0.6 is 0 Å². The van der Waals surface area contributed by atoms with E-state index in [9.17, 15) is 8.78 Å². The van der Waals surface area contributed by atoms with Crippen LogP contribution in [0.1, 0.15) is 19.4 Å². The molecule has 0 saturated carbocycles. The van der Waals surface area contributed by atoms with Gasteiger partial charge in [-0.2, -0.15) is 0 Å². The van der Waals surface area contributed by atoms with Crippen molar-refractivity contribution in [2.24, 2.45) is 5.92 Å². The molecule has 0 amide bonds. The Kier molecular flexibility index (Phi) is 6.83. The molecule has 1 rings (SSSR count). The molecule has 18 heavy (non-hydrogen) atoms. The number of halogens is 2. The van der Waals surface area contributed by atoms with Crippen LogP contribution in [0.15, 0.2) is 18.2 Å². The van der Waals surface area contributed by atoms with Crippen molar-refractivity contribution in [3.05, 3.63) is 35.4 Å². The van der Waals surface area contributed by atoms with Crippen molar-refractivity contribution in [3.63, 3.8) is 0 Å². The van der Waals surface area contributed by atoms with Gasteiger partial charge in [0.25, 0.3) is 0 Å². The highest BCUT2D eigenvalue weighted by molar-refractivity contribution is 5.19. The molecule has 0 fully saturated rings. The maximum absolute atomic E-state index is 13.3. The van der Waals surface area contributed by atoms with E-state index >= 15 is 0 Å². The molecule has 0 atom stereocenters. The van der Waals surface area contributed by atoms with E-state index in [1.807, 2.05) is 0 Å². The second kappa shape index (κ2) is 8.16. The number of rotatable bonds is 8. The molecule has 0 bridgehead atoms. The Morgan fingerprint density at radius 1 is 1.00 bits per heavy atom. The molecule has 1 aromatic carbocycles. The zero-order valence-corrected chi connectivity index (χ0v) is 11.1. The van der Waals surface area contributed by atoms with Crippen molar-refractivity contribution in [2.75, 3.05) is 26.2 Å². The fourth-order valence-corrected chi connectivity index (χ4v) is 1.68. The van der Waals surface area contributed by atoms with Crippen molar-refractivity contribution < 1.29 is 8.78 Å². The van der Waals surface area contributed by atoms with Gasteiger partial charge in [-0.3, -0.25) is 0 Å². The van der Waals surface area contributed by atoms with Gasteiger partial charge in [-0.1, -0.05) is 19.9 Å². The lowest BCUT2D eigenvalue weighted by Gasteiger charge is -2.09. The first-order chi connectivity index (χ1) is 8.61. The maximum atomic E-state index is 13.3. The Labute approximate surface area is 108 Å². The van der Waals surface area contributed by atoms with Crippen LogP contribution < -0.4 is 10.6 Å². The van der Waals surface area contributed by atoms with Gasteiger partial charge in [0.05, 0.1) is 0 Å². The van der Waals surface area contributed by atoms with E-state index < -0.39 is 11.6 Å². The van der Waals surface area contributed by atoms with E-state index in [1.165, 1.54) is 18.2 Å². The predicted octanol–water partition coefficient (Wildman–Crippen LogP) is 2.34. The second-order valence-corrected chi connectivity index (χ2v) is 4.80. The fourth-order valence-electron chi connectivity index (χ4n) is 1.68. The summed E-state index contributed by atoms with van der Waals surface area (Å²) in [7, 11) is 0. The lowest BCUT2D eigenvalue weighted by atomic mass is 10.1. The van der Waals surface area contributed by atoms with E-state index in [0.717, 1.165) is 19.6 Å². The summed E-state index contributed by atoms with van der Waals surface area (Å²) in [6.45, 7) is 7.56. The summed E-state index contributed by atoms with van der Waals surface area (Å²) in [4.78, 5) is 0. The summed E-state index contributed by atoms with van der Waals surface area (Å²) in [5.74, 6) is -0.290. The normalized spacial score (nSPS) is 11.2. The van der Waals surface area contributed by atoms with Crippen LogP contribution in [-0.2, 0) is 6.42 Å². The van der Waals surface area contributed by atoms with Gasteiger partial charge < -0.3 is 10.6 Å². The first-order valence-corrected chi connectivity index (χ1v) is 6.45. The maximum Gasteiger partial charge on any atom is 0.129 e. The third kappa shape index (κ3) is 5.56. The monoisotopic (exact) mass is 256 g/mol. The number of hydrogen-bond donors (Lipinski definition) is 2. The van der Waals surface area contributed by atoms with Crippen LogP contribution in [0.2, 0.25) is 0 Å². The third-order valence-electron chi connectivity index (χ3n) is 2.64. The molecule has 2 nitrogen and oxygen atoms in total. The van der Waals surface area contributed by atoms with Crippen LogP contribution in [0.3, 0.4) is 0 Å². The molecule has 0 saturated heterocycles. The van der Waals surface area contributed by atoms with Gasteiger partial charge in [0.15, 0.2) is 0 Å². The lowest BCUT2D eigenvalue weighted by molar-refractivity contribution is 0.525. The first kappa shape index (κ1) is 15.1. The van der Waals surface area contributed by atoms with Gasteiger partial charge in [-0.25, -0.2) is 8.78 Å². The molecule has 4 heteroatoms. The van der Waals surface area contributed by atoms with E-state index in [-0.39, 0.29) is 5.56 Å². The fraction of sp³-hybridized carbons (Fsp3) is 0.571. The lowest BCUT2D eigenvalue weighted by Crippen LogP contribution is -2.30. The zero-order valence-electron chi connectivity index (χ0n) is 11.1. The van der Waals surface area contributed by atoms with Gasteiger partial charge in [-0.15, -0.1) is 0 Å². The van der Waals surface area contributed by atoms with Crippen LogP contribution in [0.25, 0.3) is 0 Å². The molecule has 0 aliphatic carbocycles. The van der Waals surface area contributed by atoms with E-state index in [2.05, 4.69) is 24.5 Å². The van der Waals surface area contributed by atoms with Crippen molar-refractivity contribution in [1.82, 2.24) is 10.6 Å². The van der Waals surface area contributed by atoms with Gasteiger partial charge in [0.1, 0.15) is 11.6 Å². The predicted molar refractivity (Wildman–Crippen MR) is 70.6 cm³/mol. The number of hydrogen-bond acceptors (Lipinski definition) is 2. The minimum atomic E-state index is -0.463. The molecule has 0 aliphatic heterocycles. The third-order valence-corrected chi connectivity index (χ3v) is 2.64.